The lowest BCUT2D eigenvalue weighted by Gasteiger charge is -2.04. The first-order chi connectivity index (χ1) is 7.59. The molecule has 16 heavy (non-hydrogen) atoms. The van der Waals surface area contributed by atoms with Gasteiger partial charge in [-0.3, -0.25) is 25.2 Å². The maximum atomic E-state index is 10.8. The van der Waals surface area contributed by atoms with Crippen LogP contribution in [0.5, 0.6) is 0 Å². The van der Waals surface area contributed by atoms with Crippen LogP contribution in [0.25, 0.3) is 0 Å². The van der Waals surface area contributed by atoms with E-state index >= 15 is 0 Å². The van der Waals surface area contributed by atoms with E-state index in [0.717, 1.165) is 6.42 Å². The van der Waals surface area contributed by atoms with E-state index in [9.17, 15) is 9.59 Å². The molecule has 0 bridgehead atoms. The van der Waals surface area contributed by atoms with Crippen molar-refractivity contribution < 1.29 is 14.3 Å². The summed E-state index contributed by atoms with van der Waals surface area (Å²) < 4.78 is 5.33. The average molecular weight is 227 g/mol. The number of hydrogen-bond acceptors (Lipinski definition) is 4. The van der Waals surface area contributed by atoms with E-state index in [1.54, 1.807) is 0 Å². The summed E-state index contributed by atoms with van der Waals surface area (Å²) >= 11 is 0. The molecule has 1 aliphatic heterocycles. The molecule has 1 heterocycles. The molecule has 1 saturated heterocycles. The van der Waals surface area contributed by atoms with Gasteiger partial charge in [0.2, 0.25) is 5.96 Å². The number of aliphatic imine (C=N–C) groups is 1. The average Bonchev–Trinajstić information content (AvgIpc) is 2.52. The SMILES string of the molecule is CC(C)CCOCCN=C1NC(=O)C(=O)N1. The molecule has 1 rings (SSSR count). The predicted octanol–water partition coefficient (Wildman–Crippen LogP) is -0.349. The number of guanidine groups is 1. The van der Waals surface area contributed by atoms with Crippen molar-refractivity contribution >= 4 is 17.8 Å². The minimum Gasteiger partial charge on any atom is -0.380 e. The number of amides is 2. The van der Waals surface area contributed by atoms with Crippen LogP contribution in [0.2, 0.25) is 0 Å². The molecular formula is C10H17N3O3. The second-order valence-electron chi connectivity index (χ2n) is 3.93. The van der Waals surface area contributed by atoms with Crippen LogP contribution in [0.3, 0.4) is 0 Å². The topological polar surface area (TPSA) is 79.8 Å². The Morgan fingerprint density at radius 1 is 1.19 bits per heavy atom. The molecule has 1 aliphatic rings. The molecule has 0 unspecified atom stereocenters. The maximum Gasteiger partial charge on any atom is 0.316 e. The first-order valence-corrected chi connectivity index (χ1v) is 5.34. The van der Waals surface area contributed by atoms with E-state index in [4.69, 9.17) is 4.74 Å². The zero-order valence-corrected chi connectivity index (χ0v) is 9.58. The molecule has 0 aromatic rings. The number of nitrogens with zero attached hydrogens (tertiary/aromatic N) is 1. The zero-order valence-electron chi connectivity index (χ0n) is 9.58. The number of ether oxygens (including phenoxy) is 1. The number of rotatable bonds is 6. The van der Waals surface area contributed by atoms with Gasteiger partial charge in [-0.05, 0) is 12.3 Å². The molecule has 0 atom stereocenters. The molecule has 0 aliphatic carbocycles. The van der Waals surface area contributed by atoms with Crippen LogP contribution in [0.4, 0.5) is 0 Å². The van der Waals surface area contributed by atoms with Gasteiger partial charge in [-0.25, -0.2) is 0 Å². The Morgan fingerprint density at radius 3 is 2.38 bits per heavy atom. The predicted molar refractivity (Wildman–Crippen MR) is 58.9 cm³/mol. The Bertz CT molecular complexity index is 282. The van der Waals surface area contributed by atoms with Gasteiger partial charge in [0.05, 0.1) is 13.2 Å². The number of carbonyl (C=O) groups excluding carboxylic acids is 2. The molecule has 6 heteroatoms. The van der Waals surface area contributed by atoms with Gasteiger partial charge in [-0.1, -0.05) is 13.8 Å². The highest BCUT2D eigenvalue weighted by Gasteiger charge is 2.24. The lowest BCUT2D eigenvalue weighted by molar-refractivity contribution is -0.135. The fourth-order valence-corrected chi connectivity index (χ4v) is 1.08. The second-order valence-corrected chi connectivity index (χ2v) is 3.93. The second kappa shape index (κ2) is 6.22. The van der Waals surface area contributed by atoms with Crippen molar-refractivity contribution in [1.82, 2.24) is 10.6 Å². The highest BCUT2D eigenvalue weighted by atomic mass is 16.5. The Kier molecular flexibility index (Phi) is 4.91. The van der Waals surface area contributed by atoms with E-state index < -0.39 is 11.8 Å². The Hall–Kier alpha value is -1.43. The minimum atomic E-state index is -0.667. The van der Waals surface area contributed by atoms with Crippen molar-refractivity contribution in [3.05, 3.63) is 0 Å². The van der Waals surface area contributed by atoms with Gasteiger partial charge in [0.15, 0.2) is 0 Å². The summed E-state index contributed by atoms with van der Waals surface area (Å²) in [5, 5.41) is 4.62. The van der Waals surface area contributed by atoms with E-state index in [1.807, 2.05) is 0 Å². The van der Waals surface area contributed by atoms with Gasteiger partial charge in [-0.15, -0.1) is 0 Å². The van der Waals surface area contributed by atoms with Gasteiger partial charge in [-0.2, -0.15) is 0 Å². The van der Waals surface area contributed by atoms with Crippen LogP contribution in [0.1, 0.15) is 20.3 Å². The normalized spacial score (nSPS) is 15.3. The molecule has 1 fully saturated rings. The third-order valence-electron chi connectivity index (χ3n) is 2.02. The van der Waals surface area contributed by atoms with Crippen molar-refractivity contribution in [2.24, 2.45) is 10.9 Å². The molecule has 6 nitrogen and oxygen atoms in total. The molecule has 0 spiro atoms. The van der Waals surface area contributed by atoms with Crippen LogP contribution < -0.4 is 10.6 Å². The van der Waals surface area contributed by atoms with Crippen LogP contribution in [-0.2, 0) is 14.3 Å². The standard InChI is InChI=1S/C10H17N3O3/c1-7(2)3-5-16-6-4-11-10-12-8(14)9(15)13-10/h7H,3-6H2,1-2H3,(H2,11,12,13,14,15). The first-order valence-electron chi connectivity index (χ1n) is 5.34. The molecule has 2 amide bonds. The molecule has 0 aromatic heterocycles. The summed E-state index contributed by atoms with van der Waals surface area (Å²) in [5.41, 5.74) is 0. The van der Waals surface area contributed by atoms with Crippen LogP contribution >= 0.6 is 0 Å². The van der Waals surface area contributed by atoms with Gasteiger partial charge in [0.25, 0.3) is 0 Å². The first kappa shape index (κ1) is 12.6. The maximum absolute atomic E-state index is 10.8. The lowest BCUT2D eigenvalue weighted by Crippen LogP contribution is -2.26. The van der Waals surface area contributed by atoms with E-state index in [-0.39, 0.29) is 5.96 Å². The largest absolute Gasteiger partial charge is 0.380 e. The van der Waals surface area contributed by atoms with E-state index in [2.05, 4.69) is 29.5 Å². The smallest absolute Gasteiger partial charge is 0.316 e. The quantitative estimate of drug-likeness (QED) is 0.481. The molecule has 0 aromatic carbocycles. The summed E-state index contributed by atoms with van der Waals surface area (Å²) in [6.07, 6.45) is 1.02. The highest BCUT2D eigenvalue weighted by Crippen LogP contribution is 1.98. The molecule has 0 radical (unpaired) electrons. The summed E-state index contributed by atoms with van der Waals surface area (Å²) in [7, 11) is 0. The van der Waals surface area contributed by atoms with Gasteiger partial charge in [0.1, 0.15) is 0 Å². The van der Waals surface area contributed by atoms with Crippen molar-refractivity contribution in [3.8, 4) is 0 Å². The van der Waals surface area contributed by atoms with Crippen molar-refractivity contribution in [2.45, 2.75) is 20.3 Å². The fourth-order valence-electron chi connectivity index (χ4n) is 1.08. The van der Waals surface area contributed by atoms with Crippen molar-refractivity contribution in [1.29, 1.82) is 0 Å². The number of hydrogen-bond donors (Lipinski definition) is 2. The Labute approximate surface area is 94.4 Å². The molecular weight excluding hydrogens is 210 g/mol. The Balaban J connectivity index is 2.09. The third-order valence-corrected chi connectivity index (χ3v) is 2.02. The number of nitrogens with one attached hydrogen (secondary N) is 2. The van der Waals surface area contributed by atoms with Gasteiger partial charge < -0.3 is 4.74 Å². The lowest BCUT2D eigenvalue weighted by atomic mass is 10.1. The van der Waals surface area contributed by atoms with Crippen molar-refractivity contribution in [3.63, 3.8) is 0 Å². The highest BCUT2D eigenvalue weighted by molar-refractivity contribution is 6.45. The third kappa shape index (κ3) is 4.39. The number of carbonyl (C=O) groups is 2. The van der Waals surface area contributed by atoms with E-state index in [1.165, 1.54) is 0 Å². The zero-order chi connectivity index (χ0) is 12.0. The summed E-state index contributed by atoms with van der Waals surface area (Å²) in [5.74, 6) is -0.499. The van der Waals surface area contributed by atoms with Crippen molar-refractivity contribution in [2.75, 3.05) is 19.8 Å². The van der Waals surface area contributed by atoms with Gasteiger partial charge >= 0.3 is 11.8 Å². The molecule has 0 saturated carbocycles. The van der Waals surface area contributed by atoms with Crippen LogP contribution in [0.15, 0.2) is 4.99 Å². The Morgan fingerprint density at radius 2 is 1.81 bits per heavy atom. The summed E-state index contributed by atoms with van der Waals surface area (Å²) in [4.78, 5) is 25.5. The van der Waals surface area contributed by atoms with Crippen LogP contribution in [0, 0.1) is 5.92 Å². The monoisotopic (exact) mass is 227 g/mol. The molecule has 90 valence electrons. The summed E-state index contributed by atoms with van der Waals surface area (Å²) in [6.45, 7) is 5.89. The summed E-state index contributed by atoms with van der Waals surface area (Å²) in [6, 6.07) is 0. The van der Waals surface area contributed by atoms with Gasteiger partial charge in [0, 0.05) is 6.61 Å². The van der Waals surface area contributed by atoms with E-state index in [0.29, 0.717) is 25.7 Å². The molecule has 2 N–H and O–H groups in total. The van der Waals surface area contributed by atoms with Crippen LogP contribution in [-0.4, -0.2) is 37.5 Å². The minimum absolute atomic E-state index is 0.211. The fraction of sp³-hybridized carbons (Fsp3) is 0.700.